The molecule has 33 heavy (non-hydrogen) atoms. The van der Waals surface area contributed by atoms with Crippen LogP contribution in [0.5, 0.6) is 0 Å². The number of likely N-dealkylation sites (N-methyl/N-ethyl adjacent to an activating group) is 1. The van der Waals surface area contributed by atoms with Gasteiger partial charge in [-0.15, -0.1) is 0 Å². The largest absolute Gasteiger partial charge is 0.384 e. The molecule has 0 radical (unpaired) electrons. The van der Waals surface area contributed by atoms with Gasteiger partial charge in [0.05, 0.1) is 5.52 Å². The fraction of sp³-hybridized carbons (Fsp3) is 0.231. The van der Waals surface area contributed by atoms with Gasteiger partial charge >= 0.3 is 0 Å². The van der Waals surface area contributed by atoms with Gasteiger partial charge in [-0.3, -0.25) is 4.98 Å². The number of fused-ring (bicyclic) bond motifs is 1. The Morgan fingerprint density at radius 2 is 1.64 bits per heavy atom. The summed E-state index contributed by atoms with van der Waals surface area (Å²) in [5, 5.41) is 6.06. The Morgan fingerprint density at radius 3 is 2.42 bits per heavy atom. The van der Waals surface area contributed by atoms with Crippen molar-refractivity contribution in [2.75, 3.05) is 43.4 Å². The van der Waals surface area contributed by atoms with E-state index in [9.17, 15) is 0 Å². The number of pyridine rings is 2. The van der Waals surface area contributed by atoms with Crippen LogP contribution in [0.1, 0.15) is 6.42 Å². The third kappa shape index (κ3) is 6.35. The van der Waals surface area contributed by atoms with Crippen LogP contribution in [-0.2, 0) is 0 Å². The highest BCUT2D eigenvalue weighted by molar-refractivity contribution is 6.31. The number of aromatic nitrogens is 2. The summed E-state index contributed by atoms with van der Waals surface area (Å²) in [5.41, 5.74) is 3.07. The van der Waals surface area contributed by atoms with Crippen LogP contribution in [0.4, 0.5) is 17.2 Å². The van der Waals surface area contributed by atoms with E-state index in [1.54, 1.807) is 0 Å². The number of nitrogens with zero attached hydrogens (tertiary/aromatic N) is 4. The van der Waals surface area contributed by atoms with Crippen LogP contribution in [0.25, 0.3) is 10.9 Å². The van der Waals surface area contributed by atoms with Gasteiger partial charge in [0.25, 0.3) is 0 Å². The molecule has 0 saturated heterocycles. The van der Waals surface area contributed by atoms with E-state index in [2.05, 4.69) is 32.1 Å². The van der Waals surface area contributed by atoms with Gasteiger partial charge < -0.3 is 15.1 Å². The summed E-state index contributed by atoms with van der Waals surface area (Å²) in [5.74, 6) is 0.930. The second kappa shape index (κ2) is 11.3. The highest BCUT2D eigenvalue weighted by atomic mass is 35.5. The molecule has 1 N–H and O–H groups in total. The molecule has 0 aliphatic carbocycles. The Hall–Kier alpha value is -2.86. The number of anilines is 3. The summed E-state index contributed by atoms with van der Waals surface area (Å²) in [6.45, 7) is 3.61. The van der Waals surface area contributed by atoms with E-state index in [1.165, 1.54) is 0 Å². The van der Waals surface area contributed by atoms with Crippen molar-refractivity contribution in [1.82, 2.24) is 14.9 Å². The molecule has 2 heterocycles. The number of halogens is 2. The molecular weight excluding hydrogens is 453 g/mol. The van der Waals surface area contributed by atoms with Gasteiger partial charge in [-0.2, -0.15) is 0 Å². The predicted octanol–water partition coefficient (Wildman–Crippen LogP) is 6.51. The Morgan fingerprint density at radius 1 is 0.818 bits per heavy atom. The molecule has 0 atom stereocenters. The van der Waals surface area contributed by atoms with E-state index < -0.39 is 0 Å². The Bertz CT molecular complexity index is 1170. The molecule has 7 heteroatoms. The first-order valence-electron chi connectivity index (χ1n) is 11.0. The minimum absolute atomic E-state index is 0.701. The number of hydrogen-bond donors (Lipinski definition) is 1. The van der Waals surface area contributed by atoms with Gasteiger partial charge in [0, 0.05) is 58.8 Å². The summed E-state index contributed by atoms with van der Waals surface area (Å²) in [4.78, 5) is 13.5. The summed E-state index contributed by atoms with van der Waals surface area (Å²) < 4.78 is 0. The summed E-state index contributed by atoms with van der Waals surface area (Å²) >= 11 is 12.2. The Balaban J connectivity index is 1.30. The van der Waals surface area contributed by atoms with Crippen molar-refractivity contribution in [2.45, 2.75) is 6.42 Å². The lowest BCUT2D eigenvalue weighted by molar-refractivity contribution is 0.341. The van der Waals surface area contributed by atoms with E-state index in [0.29, 0.717) is 5.02 Å². The van der Waals surface area contributed by atoms with Crippen molar-refractivity contribution in [3.8, 4) is 0 Å². The van der Waals surface area contributed by atoms with E-state index >= 15 is 0 Å². The number of benzene rings is 2. The van der Waals surface area contributed by atoms with Gasteiger partial charge in [0.2, 0.25) is 0 Å². The van der Waals surface area contributed by atoms with E-state index in [1.807, 2.05) is 79.1 Å². The molecule has 2 aromatic heterocycles. The topological polar surface area (TPSA) is 44.3 Å². The van der Waals surface area contributed by atoms with Crippen LogP contribution < -0.4 is 10.2 Å². The van der Waals surface area contributed by atoms with E-state index in [4.69, 9.17) is 23.2 Å². The van der Waals surface area contributed by atoms with Crippen LogP contribution in [0.15, 0.2) is 79.1 Å². The number of hydrogen-bond acceptors (Lipinski definition) is 5. The SMILES string of the molecule is CN(CCCNc1ccnc2cc(Cl)ccc12)CCN(c1ccc(Cl)cc1)c1ccccn1. The van der Waals surface area contributed by atoms with Crippen molar-refractivity contribution in [3.05, 3.63) is 89.2 Å². The lowest BCUT2D eigenvalue weighted by Crippen LogP contribution is -2.32. The maximum absolute atomic E-state index is 6.09. The van der Waals surface area contributed by atoms with Crippen molar-refractivity contribution in [1.29, 1.82) is 0 Å². The molecule has 0 aliphatic heterocycles. The first kappa shape index (κ1) is 23.3. The number of rotatable bonds is 10. The average Bonchev–Trinajstić information content (AvgIpc) is 2.83. The van der Waals surface area contributed by atoms with Crippen LogP contribution >= 0.6 is 23.2 Å². The zero-order chi connectivity index (χ0) is 23.0. The Labute approximate surface area is 205 Å². The lowest BCUT2D eigenvalue weighted by atomic mass is 10.2. The maximum Gasteiger partial charge on any atom is 0.132 e. The maximum atomic E-state index is 6.09. The fourth-order valence-corrected chi connectivity index (χ4v) is 4.03. The minimum atomic E-state index is 0.701. The first-order valence-corrected chi connectivity index (χ1v) is 11.8. The second-order valence-electron chi connectivity index (χ2n) is 7.92. The summed E-state index contributed by atoms with van der Waals surface area (Å²) in [6, 6.07) is 21.7. The lowest BCUT2D eigenvalue weighted by Gasteiger charge is -2.27. The summed E-state index contributed by atoms with van der Waals surface area (Å²) in [7, 11) is 2.16. The standard InChI is InChI=1S/C26H27Cl2N5/c1-32(16-4-14-29-24-12-15-30-25-19-21(28)8-11-23(24)25)17-18-33(26-5-2-3-13-31-26)22-9-6-20(27)7-10-22/h2-3,5-13,15,19H,4,14,16-18H2,1H3,(H,29,30). The smallest absolute Gasteiger partial charge is 0.132 e. The zero-order valence-electron chi connectivity index (χ0n) is 18.6. The first-order chi connectivity index (χ1) is 16.1. The molecule has 170 valence electrons. The van der Waals surface area contributed by atoms with Crippen molar-refractivity contribution in [2.24, 2.45) is 0 Å². The Kier molecular flexibility index (Phi) is 8.00. The molecule has 0 saturated carbocycles. The molecule has 0 bridgehead atoms. The van der Waals surface area contributed by atoms with E-state index in [0.717, 1.165) is 65.7 Å². The van der Waals surface area contributed by atoms with Crippen LogP contribution in [-0.4, -0.2) is 48.1 Å². The van der Waals surface area contributed by atoms with Crippen molar-refractivity contribution < 1.29 is 0 Å². The van der Waals surface area contributed by atoms with Crippen molar-refractivity contribution in [3.63, 3.8) is 0 Å². The molecule has 2 aromatic carbocycles. The van der Waals surface area contributed by atoms with Gasteiger partial charge in [-0.05, 0) is 80.7 Å². The molecule has 4 rings (SSSR count). The van der Waals surface area contributed by atoms with Gasteiger partial charge in [0.1, 0.15) is 5.82 Å². The molecule has 4 aromatic rings. The molecule has 0 fully saturated rings. The zero-order valence-corrected chi connectivity index (χ0v) is 20.1. The average molecular weight is 480 g/mol. The van der Waals surface area contributed by atoms with Crippen LogP contribution in [0, 0.1) is 0 Å². The molecule has 5 nitrogen and oxygen atoms in total. The molecule has 0 unspecified atom stereocenters. The predicted molar refractivity (Wildman–Crippen MR) is 140 cm³/mol. The van der Waals surface area contributed by atoms with Crippen LogP contribution in [0.2, 0.25) is 10.0 Å². The highest BCUT2D eigenvalue weighted by Gasteiger charge is 2.11. The molecule has 0 spiro atoms. The van der Waals surface area contributed by atoms with Gasteiger partial charge in [0.15, 0.2) is 0 Å². The normalized spacial score (nSPS) is 11.2. The number of nitrogens with one attached hydrogen (secondary N) is 1. The van der Waals surface area contributed by atoms with Gasteiger partial charge in [-0.25, -0.2) is 4.98 Å². The minimum Gasteiger partial charge on any atom is -0.384 e. The van der Waals surface area contributed by atoms with Crippen molar-refractivity contribution >= 4 is 51.3 Å². The summed E-state index contributed by atoms with van der Waals surface area (Å²) in [6.07, 6.45) is 4.67. The van der Waals surface area contributed by atoms with Gasteiger partial charge in [-0.1, -0.05) is 29.3 Å². The second-order valence-corrected chi connectivity index (χ2v) is 8.79. The quantitative estimate of drug-likeness (QED) is 0.262. The third-order valence-corrected chi connectivity index (χ3v) is 5.99. The highest BCUT2D eigenvalue weighted by Crippen LogP contribution is 2.25. The molecule has 0 amide bonds. The third-order valence-electron chi connectivity index (χ3n) is 5.51. The molecule has 0 aliphatic rings. The monoisotopic (exact) mass is 479 g/mol. The fourth-order valence-electron chi connectivity index (χ4n) is 3.74. The van der Waals surface area contributed by atoms with E-state index in [-0.39, 0.29) is 0 Å². The molecular formula is C26H27Cl2N5. The van der Waals surface area contributed by atoms with Crippen LogP contribution in [0.3, 0.4) is 0 Å².